The van der Waals surface area contributed by atoms with Crippen LogP contribution in [0.2, 0.25) is 0 Å². The van der Waals surface area contributed by atoms with Gasteiger partial charge in [0.2, 0.25) is 0 Å². The standard InChI is InChI=1S/C12H11FN4O/c1-7-8(3-2-4-9(7)13)12-15-6-5-10(16-12)11(14)17-18/h2-6,18H,1H3,(H2,14,17). The first-order valence-corrected chi connectivity index (χ1v) is 5.20. The average Bonchev–Trinajstić information content (AvgIpc) is 2.41. The number of nitrogens with two attached hydrogens (primary N) is 1. The summed E-state index contributed by atoms with van der Waals surface area (Å²) in [5, 5.41) is 11.5. The molecule has 0 unspecified atom stereocenters. The maximum absolute atomic E-state index is 13.4. The summed E-state index contributed by atoms with van der Waals surface area (Å²) in [7, 11) is 0. The molecular weight excluding hydrogens is 235 g/mol. The molecule has 0 fully saturated rings. The van der Waals surface area contributed by atoms with Crippen molar-refractivity contribution >= 4 is 5.84 Å². The molecule has 1 aromatic carbocycles. The highest BCUT2D eigenvalue weighted by molar-refractivity contribution is 5.95. The minimum Gasteiger partial charge on any atom is -0.409 e. The topological polar surface area (TPSA) is 84.4 Å². The normalized spacial score (nSPS) is 11.6. The zero-order valence-corrected chi connectivity index (χ0v) is 9.63. The van der Waals surface area contributed by atoms with E-state index in [9.17, 15) is 4.39 Å². The number of rotatable bonds is 2. The van der Waals surface area contributed by atoms with Gasteiger partial charge in [0.05, 0.1) is 0 Å². The molecular formula is C12H11FN4O. The van der Waals surface area contributed by atoms with Gasteiger partial charge in [-0.05, 0) is 24.6 Å². The van der Waals surface area contributed by atoms with Crippen LogP contribution in [0.15, 0.2) is 35.6 Å². The molecule has 2 aromatic rings. The third-order valence-electron chi connectivity index (χ3n) is 2.53. The van der Waals surface area contributed by atoms with Crippen molar-refractivity contribution in [2.45, 2.75) is 6.92 Å². The van der Waals surface area contributed by atoms with Crippen LogP contribution in [0.3, 0.4) is 0 Å². The van der Waals surface area contributed by atoms with Crippen molar-refractivity contribution in [2.24, 2.45) is 10.9 Å². The Hall–Kier alpha value is -2.50. The number of amidine groups is 1. The van der Waals surface area contributed by atoms with Crippen LogP contribution in [-0.4, -0.2) is 21.0 Å². The highest BCUT2D eigenvalue weighted by Crippen LogP contribution is 2.21. The van der Waals surface area contributed by atoms with Gasteiger partial charge in [-0.3, -0.25) is 0 Å². The Morgan fingerprint density at radius 3 is 2.89 bits per heavy atom. The van der Waals surface area contributed by atoms with Gasteiger partial charge in [0.1, 0.15) is 11.5 Å². The van der Waals surface area contributed by atoms with Crippen LogP contribution in [0.1, 0.15) is 11.3 Å². The van der Waals surface area contributed by atoms with E-state index in [1.54, 1.807) is 19.1 Å². The molecule has 0 aliphatic carbocycles. The molecule has 0 radical (unpaired) electrons. The molecule has 0 atom stereocenters. The van der Waals surface area contributed by atoms with Gasteiger partial charge in [0.25, 0.3) is 0 Å². The van der Waals surface area contributed by atoms with Crippen molar-refractivity contribution in [2.75, 3.05) is 0 Å². The van der Waals surface area contributed by atoms with Gasteiger partial charge >= 0.3 is 0 Å². The third kappa shape index (κ3) is 2.13. The second kappa shape index (κ2) is 4.79. The lowest BCUT2D eigenvalue weighted by Gasteiger charge is -2.06. The Balaban J connectivity index is 2.55. The first kappa shape index (κ1) is 12.0. The van der Waals surface area contributed by atoms with Crippen LogP contribution in [0, 0.1) is 12.7 Å². The Kier molecular flexibility index (Phi) is 3.18. The highest BCUT2D eigenvalue weighted by atomic mass is 19.1. The second-order valence-electron chi connectivity index (χ2n) is 3.66. The summed E-state index contributed by atoms with van der Waals surface area (Å²) in [6.07, 6.45) is 1.47. The number of oxime groups is 1. The maximum atomic E-state index is 13.4. The van der Waals surface area contributed by atoms with Crippen LogP contribution < -0.4 is 5.73 Å². The molecule has 2 rings (SSSR count). The quantitative estimate of drug-likeness (QED) is 0.365. The fourth-order valence-electron chi connectivity index (χ4n) is 1.53. The van der Waals surface area contributed by atoms with Crippen molar-refractivity contribution < 1.29 is 9.60 Å². The van der Waals surface area contributed by atoms with Gasteiger partial charge < -0.3 is 10.9 Å². The molecule has 0 saturated heterocycles. The molecule has 0 aliphatic heterocycles. The van der Waals surface area contributed by atoms with Crippen molar-refractivity contribution in [3.8, 4) is 11.4 Å². The van der Waals surface area contributed by atoms with Crippen molar-refractivity contribution in [3.63, 3.8) is 0 Å². The van der Waals surface area contributed by atoms with Crippen molar-refractivity contribution in [1.29, 1.82) is 0 Å². The molecule has 18 heavy (non-hydrogen) atoms. The number of benzene rings is 1. The Morgan fingerprint density at radius 2 is 2.17 bits per heavy atom. The van der Waals surface area contributed by atoms with E-state index >= 15 is 0 Å². The van der Waals surface area contributed by atoms with E-state index in [2.05, 4.69) is 15.1 Å². The van der Waals surface area contributed by atoms with E-state index < -0.39 is 0 Å². The van der Waals surface area contributed by atoms with E-state index in [1.165, 1.54) is 18.3 Å². The van der Waals surface area contributed by atoms with Crippen LogP contribution in [0.5, 0.6) is 0 Å². The lowest BCUT2D eigenvalue weighted by atomic mass is 10.1. The monoisotopic (exact) mass is 246 g/mol. The van der Waals surface area contributed by atoms with E-state index in [1.807, 2.05) is 0 Å². The minimum atomic E-state index is -0.328. The van der Waals surface area contributed by atoms with Crippen LogP contribution in [0.4, 0.5) is 4.39 Å². The van der Waals surface area contributed by atoms with E-state index in [0.29, 0.717) is 17.0 Å². The molecule has 5 nitrogen and oxygen atoms in total. The predicted octanol–water partition coefficient (Wildman–Crippen LogP) is 1.69. The van der Waals surface area contributed by atoms with Crippen LogP contribution in [0.25, 0.3) is 11.4 Å². The van der Waals surface area contributed by atoms with Gasteiger partial charge in [0, 0.05) is 11.8 Å². The lowest BCUT2D eigenvalue weighted by Crippen LogP contribution is -2.15. The zero-order valence-electron chi connectivity index (χ0n) is 9.63. The summed E-state index contributed by atoms with van der Waals surface area (Å²) in [4.78, 5) is 8.18. The Bertz CT molecular complexity index is 613. The first-order valence-electron chi connectivity index (χ1n) is 5.20. The molecule has 6 heteroatoms. The first-order chi connectivity index (χ1) is 8.63. The SMILES string of the molecule is Cc1c(F)cccc1-c1nccc(/C(N)=N/O)n1. The van der Waals surface area contributed by atoms with E-state index in [4.69, 9.17) is 10.9 Å². The second-order valence-corrected chi connectivity index (χ2v) is 3.66. The number of hydrogen-bond donors (Lipinski definition) is 2. The van der Waals surface area contributed by atoms with Crippen LogP contribution in [-0.2, 0) is 0 Å². The summed E-state index contributed by atoms with van der Waals surface area (Å²) in [5.74, 6) is -0.117. The zero-order chi connectivity index (χ0) is 13.1. The number of halogens is 1. The highest BCUT2D eigenvalue weighted by Gasteiger charge is 2.10. The molecule has 1 aromatic heterocycles. The Labute approximate surface area is 103 Å². The largest absolute Gasteiger partial charge is 0.409 e. The van der Waals surface area contributed by atoms with E-state index in [0.717, 1.165) is 0 Å². The molecule has 0 amide bonds. The fourth-order valence-corrected chi connectivity index (χ4v) is 1.53. The molecule has 0 spiro atoms. The number of aromatic nitrogens is 2. The average molecular weight is 246 g/mol. The summed E-state index contributed by atoms with van der Waals surface area (Å²) >= 11 is 0. The summed E-state index contributed by atoms with van der Waals surface area (Å²) in [6, 6.07) is 6.17. The third-order valence-corrected chi connectivity index (χ3v) is 2.53. The lowest BCUT2D eigenvalue weighted by molar-refractivity contribution is 0.318. The van der Waals surface area contributed by atoms with Gasteiger partial charge in [-0.15, -0.1) is 0 Å². The van der Waals surface area contributed by atoms with E-state index in [-0.39, 0.29) is 17.3 Å². The predicted molar refractivity (Wildman–Crippen MR) is 64.7 cm³/mol. The molecule has 92 valence electrons. The summed E-state index contributed by atoms with van der Waals surface area (Å²) < 4.78 is 13.4. The molecule has 0 saturated carbocycles. The summed E-state index contributed by atoms with van der Waals surface area (Å²) in [5.41, 5.74) is 6.75. The Morgan fingerprint density at radius 1 is 1.39 bits per heavy atom. The summed E-state index contributed by atoms with van der Waals surface area (Å²) in [6.45, 7) is 1.64. The van der Waals surface area contributed by atoms with Gasteiger partial charge in [-0.25, -0.2) is 14.4 Å². The molecule has 3 N–H and O–H groups in total. The number of hydrogen-bond acceptors (Lipinski definition) is 4. The smallest absolute Gasteiger partial charge is 0.188 e. The maximum Gasteiger partial charge on any atom is 0.188 e. The molecule has 0 aliphatic rings. The van der Waals surface area contributed by atoms with Crippen molar-refractivity contribution in [1.82, 2.24) is 9.97 Å². The van der Waals surface area contributed by atoms with Crippen LogP contribution >= 0.6 is 0 Å². The van der Waals surface area contributed by atoms with Gasteiger partial charge in [0.15, 0.2) is 11.7 Å². The van der Waals surface area contributed by atoms with Gasteiger partial charge in [-0.2, -0.15) is 0 Å². The number of nitrogens with zero attached hydrogens (tertiary/aromatic N) is 3. The van der Waals surface area contributed by atoms with Crippen molar-refractivity contribution in [3.05, 3.63) is 47.5 Å². The van der Waals surface area contributed by atoms with Gasteiger partial charge in [-0.1, -0.05) is 17.3 Å². The molecule has 0 bridgehead atoms. The molecule has 1 heterocycles. The fraction of sp³-hybridized carbons (Fsp3) is 0.0833. The minimum absolute atomic E-state index is 0.118.